The number of benzene rings is 4. The van der Waals surface area contributed by atoms with Crippen LogP contribution in [0.3, 0.4) is 0 Å². The smallest absolute Gasteiger partial charge is 0.235 e. The van der Waals surface area contributed by atoms with Crippen LogP contribution in [0.4, 0.5) is 0 Å². The van der Waals surface area contributed by atoms with Crippen LogP contribution in [0.15, 0.2) is 91.3 Å². The molecular formula is C28H19N2O+. The summed E-state index contributed by atoms with van der Waals surface area (Å²) in [5, 5.41) is 10.1. The van der Waals surface area contributed by atoms with Gasteiger partial charge in [-0.25, -0.2) is 0 Å². The monoisotopic (exact) mass is 399 g/mol. The molecule has 146 valence electrons. The van der Waals surface area contributed by atoms with Crippen molar-refractivity contribution in [2.24, 2.45) is 0 Å². The molecule has 3 heteroatoms. The van der Waals surface area contributed by atoms with Crippen molar-refractivity contribution in [2.75, 3.05) is 7.11 Å². The van der Waals surface area contributed by atoms with Gasteiger partial charge in [0.1, 0.15) is 11.3 Å². The van der Waals surface area contributed by atoms with E-state index in [2.05, 4.69) is 94.6 Å². The fourth-order valence-electron chi connectivity index (χ4n) is 5.09. The molecule has 0 amide bonds. The summed E-state index contributed by atoms with van der Waals surface area (Å²) in [4.78, 5) is 3.64. The number of nitrogens with zero attached hydrogens (tertiary/aromatic N) is 1. The van der Waals surface area contributed by atoms with E-state index >= 15 is 0 Å². The van der Waals surface area contributed by atoms with Crippen molar-refractivity contribution in [3.8, 4) is 5.75 Å². The van der Waals surface area contributed by atoms with E-state index in [1.165, 1.54) is 48.6 Å². The van der Waals surface area contributed by atoms with Crippen molar-refractivity contribution < 1.29 is 9.14 Å². The third-order valence-corrected chi connectivity index (χ3v) is 6.55. The van der Waals surface area contributed by atoms with Crippen molar-refractivity contribution >= 4 is 59.6 Å². The van der Waals surface area contributed by atoms with Gasteiger partial charge in [0.05, 0.1) is 18.0 Å². The van der Waals surface area contributed by atoms with Crippen LogP contribution >= 0.6 is 0 Å². The van der Waals surface area contributed by atoms with E-state index in [4.69, 9.17) is 4.74 Å². The minimum Gasteiger partial charge on any atom is -0.497 e. The Hall–Kier alpha value is -4.11. The van der Waals surface area contributed by atoms with Crippen molar-refractivity contribution in [1.29, 1.82) is 0 Å². The number of hydrogen-bond donors (Lipinski definition) is 1. The standard InChI is InChI=1S/C28H18N2O/c1-31-17-10-11-22-23-12-13-30-16-25-21-9-5-3-7-19(21)18-6-2-4-8-20(18)24(25)15-27(30)28(23)29-26(22)14-17/h2-16H,1H3/p+1. The van der Waals surface area contributed by atoms with Gasteiger partial charge in [0.25, 0.3) is 0 Å². The zero-order valence-electron chi connectivity index (χ0n) is 17.0. The molecule has 0 spiro atoms. The summed E-state index contributed by atoms with van der Waals surface area (Å²) in [5.74, 6) is 0.860. The summed E-state index contributed by atoms with van der Waals surface area (Å²) in [5.41, 5.74) is 3.40. The molecule has 0 aliphatic rings. The Kier molecular flexibility index (Phi) is 3.20. The fourth-order valence-corrected chi connectivity index (χ4v) is 5.09. The van der Waals surface area contributed by atoms with E-state index < -0.39 is 0 Å². The fraction of sp³-hybridized carbons (Fsp3) is 0.0357. The summed E-state index contributed by atoms with van der Waals surface area (Å²) in [6.07, 6.45) is 4.43. The lowest BCUT2D eigenvalue weighted by molar-refractivity contribution is -0.509. The number of aromatic amines is 1. The molecule has 31 heavy (non-hydrogen) atoms. The van der Waals surface area contributed by atoms with Gasteiger partial charge in [0.15, 0.2) is 12.4 Å². The van der Waals surface area contributed by atoms with Crippen LogP contribution in [0.25, 0.3) is 59.6 Å². The predicted molar refractivity (Wildman–Crippen MR) is 128 cm³/mol. The summed E-state index contributed by atoms with van der Waals surface area (Å²) < 4.78 is 7.66. The maximum atomic E-state index is 5.43. The predicted octanol–water partition coefficient (Wildman–Crippen LogP) is 6.53. The van der Waals surface area contributed by atoms with Gasteiger partial charge < -0.3 is 9.72 Å². The van der Waals surface area contributed by atoms with E-state index in [0.717, 1.165) is 16.8 Å². The van der Waals surface area contributed by atoms with Crippen LogP contribution < -0.4 is 9.14 Å². The Morgan fingerprint density at radius 2 is 1.32 bits per heavy atom. The molecule has 0 saturated carbocycles. The number of H-pyrrole nitrogens is 1. The Morgan fingerprint density at radius 3 is 2.03 bits per heavy atom. The minimum absolute atomic E-state index is 0.860. The molecule has 7 aromatic rings. The van der Waals surface area contributed by atoms with Gasteiger partial charge in [0, 0.05) is 34.4 Å². The van der Waals surface area contributed by atoms with Gasteiger partial charge in [-0.1, -0.05) is 48.5 Å². The van der Waals surface area contributed by atoms with Crippen molar-refractivity contribution in [3.05, 3.63) is 91.3 Å². The third kappa shape index (κ3) is 2.20. The SMILES string of the molecule is COc1ccc2c(c1)[nH]c1c2cc[n+]2cc3c4ccccc4c4ccccc4c3cc12. The highest BCUT2D eigenvalue weighted by molar-refractivity contribution is 6.26. The molecule has 7 rings (SSSR count). The Balaban J connectivity index is 1.70. The van der Waals surface area contributed by atoms with Crippen LogP contribution in [0.2, 0.25) is 0 Å². The number of nitrogens with one attached hydrogen (secondary N) is 1. The molecule has 0 unspecified atom stereocenters. The molecule has 3 aromatic heterocycles. The Morgan fingerprint density at radius 1 is 0.645 bits per heavy atom. The second kappa shape index (κ2) is 5.96. The molecule has 1 N–H and O–H groups in total. The van der Waals surface area contributed by atoms with Gasteiger partial charge in [-0.2, -0.15) is 4.40 Å². The number of rotatable bonds is 1. The van der Waals surface area contributed by atoms with Gasteiger partial charge in [-0.05, 0) is 33.7 Å². The highest BCUT2D eigenvalue weighted by Crippen LogP contribution is 2.36. The lowest BCUT2D eigenvalue weighted by atomic mass is 9.95. The summed E-state index contributed by atoms with van der Waals surface area (Å²) in [6.45, 7) is 0. The number of hydrogen-bond acceptors (Lipinski definition) is 1. The molecule has 0 aliphatic carbocycles. The van der Waals surface area contributed by atoms with Crippen LogP contribution in [-0.4, -0.2) is 12.1 Å². The number of ether oxygens (including phenoxy) is 1. The maximum absolute atomic E-state index is 5.43. The highest BCUT2D eigenvalue weighted by Gasteiger charge is 2.17. The zero-order valence-corrected chi connectivity index (χ0v) is 17.0. The molecule has 0 radical (unpaired) electrons. The van der Waals surface area contributed by atoms with Crippen LogP contribution in [-0.2, 0) is 0 Å². The van der Waals surface area contributed by atoms with E-state index in [0.29, 0.717) is 0 Å². The van der Waals surface area contributed by atoms with E-state index in [1.807, 2.05) is 6.07 Å². The van der Waals surface area contributed by atoms with Gasteiger partial charge in [-0.15, -0.1) is 0 Å². The highest BCUT2D eigenvalue weighted by atomic mass is 16.5. The normalized spacial score (nSPS) is 12.0. The van der Waals surface area contributed by atoms with Crippen LogP contribution in [0.1, 0.15) is 0 Å². The Labute approximate surface area is 178 Å². The molecule has 3 heterocycles. The third-order valence-electron chi connectivity index (χ3n) is 6.55. The molecule has 0 aliphatic heterocycles. The van der Waals surface area contributed by atoms with Crippen LogP contribution in [0.5, 0.6) is 5.75 Å². The molecule has 0 bridgehead atoms. The van der Waals surface area contributed by atoms with Gasteiger partial charge in [-0.3, -0.25) is 0 Å². The first-order valence-electron chi connectivity index (χ1n) is 10.5. The van der Waals surface area contributed by atoms with Crippen LogP contribution in [0, 0.1) is 0 Å². The minimum atomic E-state index is 0.860. The van der Waals surface area contributed by atoms with E-state index in [9.17, 15) is 0 Å². The molecule has 0 fully saturated rings. The lowest BCUT2D eigenvalue weighted by Crippen LogP contribution is -2.20. The van der Waals surface area contributed by atoms with Gasteiger partial charge in [0.2, 0.25) is 5.52 Å². The van der Waals surface area contributed by atoms with E-state index in [-0.39, 0.29) is 0 Å². The quantitative estimate of drug-likeness (QED) is 0.190. The number of fused-ring (bicyclic) bond motifs is 11. The first kappa shape index (κ1) is 16.7. The molecule has 0 atom stereocenters. The topological polar surface area (TPSA) is 29.1 Å². The second-order valence-corrected chi connectivity index (χ2v) is 8.13. The molecule has 3 nitrogen and oxygen atoms in total. The van der Waals surface area contributed by atoms with E-state index in [1.54, 1.807) is 7.11 Å². The lowest BCUT2D eigenvalue weighted by Gasteiger charge is -2.09. The van der Waals surface area contributed by atoms with Crippen molar-refractivity contribution in [1.82, 2.24) is 4.98 Å². The number of methoxy groups -OCH3 is 1. The van der Waals surface area contributed by atoms with Crippen molar-refractivity contribution in [2.45, 2.75) is 0 Å². The number of pyridine rings is 2. The molecular weight excluding hydrogens is 380 g/mol. The first-order valence-corrected chi connectivity index (χ1v) is 10.5. The molecule has 4 aromatic carbocycles. The maximum Gasteiger partial charge on any atom is 0.235 e. The van der Waals surface area contributed by atoms with Gasteiger partial charge >= 0.3 is 0 Å². The summed E-state index contributed by atoms with van der Waals surface area (Å²) in [6, 6.07) is 28.2. The number of aromatic nitrogens is 2. The zero-order chi connectivity index (χ0) is 20.5. The average molecular weight is 399 g/mol. The summed E-state index contributed by atoms with van der Waals surface area (Å²) >= 11 is 0. The van der Waals surface area contributed by atoms with Crippen molar-refractivity contribution in [3.63, 3.8) is 0 Å². The second-order valence-electron chi connectivity index (χ2n) is 8.13. The summed E-state index contributed by atoms with van der Waals surface area (Å²) in [7, 11) is 1.70. The Bertz CT molecular complexity index is 1830. The first-order chi connectivity index (χ1) is 15.3. The molecule has 0 saturated heterocycles. The largest absolute Gasteiger partial charge is 0.497 e. The average Bonchev–Trinajstić information content (AvgIpc) is 3.21.